The van der Waals surface area contributed by atoms with Crippen molar-refractivity contribution < 1.29 is 8.83 Å². The van der Waals surface area contributed by atoms with Crippen LogP contribution in [0.4, 0.5) is 5.95 Å². The van der Waals surface area contributed by atoms with E-state index in [4.69, 9.17) is 13.8 Å². The van der Waals surface area contributed by atoms with E-state index in [9.17, 15) is 0 Å². The number of hydrogen-bond acceptors (Lipinski definition) is 7. The first kappa shape index (κ1) is 15.9. The van der Waals surface area contributed by atoms with Crippen LogP contribution < -0.4 is 15.8 Å². The van der Waals surface area contributed by atoms with Crippen molar-refractivity contribution >= 4 is 5.95 Å². The summed E-state index contributed by atoms with van der Waals surface area (Å²) in [5.41, 5.74) is 7.89. The first-order valence-electron chi connectivity index (χ1n) is 8.43. The fourth-order valence-corrected chi connectivity index (χ4v) is 2.96. The van der Waals surface area contributed by atoms with Gasteiger partial charge in [-0.15, -0.1) is 0 Å². The van der Waals surface area contributed by atoms with E-state index in [1.807, 2.05) is 31.3 Å². The number of nitrogens with zero attached hydrogens (tertiary/aromatic N) is 3. The Morgan fingerprint density at radius 3 is 2.52 bits per heavy atom. The predicted octanol–water partition coefficient (Wildman–Crippen LogP) is 2.55. The van der Waals surface area contributed by atoms with Crippen LogP contribution in [0.2, 0.25) is 0 Å². The molecular formula is C18H21N5O2. The van der Waals surface area contributed by atoms with Crippen LogP contribution in [-0.2, 0) is 0 Å². The number of rotatable bonds is 6. The number of anilines is 1. The minimum Gasteiger partial charge on any atom is -0.464 e. The number of nitrogens with one attached hydrogen (secondary N) is 2. The maximum absolute atomic E-state index is 5.57. The molecule has 0 saturated carbocycles. The van der Waals surface area contributed by atoms with Gasteiger partial charge in [0.25, 0.3) is 0 Å². The zero-order valence-corrected chi connectivity index (χ0v) is 14.1. The van der Waals surface area contributed by atoms with Crippen molar-refractivity contribution in [3.63, 3.8) is 0 Å². The molecule has 0 aliphatic carbocycles. The summed E-state index contributed by atoms with van der Waals surface area (Å²) in [7, 11) is 2.02. The maximum atomic E-state index is 5.57. The van der Waals surface area contributed by atoms with Crippen LogP contribution in [0.1, 0.15) is 6.42 Å². The zero-order chi connectivity index (χ0) is 17.1. The van der Waals surface area contributed by atoms with E-state index in [2.05, 4.69) is 20.7 Å². The van der Waals surface area contributed by atoms with Gasteiger partial charge in [-0.2, -0.15) is 0 Å². The second-order valence-electron chi connectivity index (χ2n) is 6.22. The van der Waals surface area contributed by atoms with Gasteiger partial charge in [0.1, 0.15) is 11.5 Å². The molecule has 25 heavy (non-hydrogen) atoms. The summed E-state index contributed by atoms with van der Waals surface area (Å²) < 4.78 is 11.1. The molecule has 0 aromatic carbocycles. The summed E-state index contributed by atoms with van der Waals surface area (Å²) >= 11 is 0. The van der Waals surface area contributed by atoms with Crippen LogP contribution in [0.5, 0.6) is 0 Å². The maximum Gasteiger partial charge on any atom is 0.225 e. The normalized spacial score (nSPS) is 14.9. The van der Waals surface area contributed by atoms with Crippen LogP contribution in [-0.4, -0.2) is 36.6 Å². The Hall–Kier alpha value is -2.64. The summed E-state index contributed by atoms with van der Waals surface area (Å²) in [5, 5.41) is 0. The quantitative estimate of drug-likeness (QED) is 0.714. The van der Waals surface area contributed by atoms with Gasteiger partial charge in [-0.1, -0.05) is 0 Å². The lowest BCUT2D eigenvalue weighted by Gasteiger charge is -2.19. The molecule has 0 spiro atoms. The van der Waals surface area contributed by atoms with Crippen molar-refractivity contribution in [3.8, 4) is 22.8 Å². The number of furan rings is 2. The summed E-state index contributed by atoms with van der Waals surface area (Å²) in [6.45, 7) is 2.90. The van der Waals surface area contributed by atoms with Crippen molar-refractivity contribution in [1.29, 1.82) is 0 Å². The topological polar surface area (TPSA) is 79.4 Å². The summed E-state index contributed by atoms with van der Waals surface area (Å²) in [4.78, 5) is 11.4. The van der Waals surface area contributed by atoms with Gasteiger partial charge in [-0.05, 0) is 36.6 Å². The van der Waals surface area contributed by atoms with Gasteiger partial charge in [0, 0.05) is 32.9 Å². The van der Waals surface area contributed by atoms with Crippen molar-refractivity contribution in [3.05, 3.63) is 43.0 Å². The lowest BCUT2D eigenvalue weighted by atomic mass is 10.1. The van der Waals surface area contributed by atoms with Gasteiger partial charge in [0.05, 0.1) is 18.1 Å². The molecule has 3 aromatic rings. The second-order valence-corrected chi connectivity index (χ2v) is 6.22. The highest BCUT2D eigenvalue weighted by atomic mass is 16.3. The lowest BCUT2D eigenvalue weighted by molar-refractivity contribution is 0.553. The third-order valence-corrected chi connectivity index (χ3v) is 4.44. The van der Waals surface area contributed by atoms with Crippen molar-refractivity contribution in [2.45, 2.75) is 6.42 Å². The smallest absolute Gasteiger partial charge is 0.225 e. The van der Waals surface area contributed by atoms with Crippen molar-refractivity contribution in [2.24, 2.45) is 5.92 Å². The zero-order valence-electron chi connectivity index (χ0n) is 14.1. The Morgan fingerprint density at radius 1 is 1.12 bits per heavy atom. The molecule has 0 atom stereocenters. The summed E-state index contributed by atoms with van der Waals surface area (Å²) in [6.07, 6.45) is 6.17. The minimum atomic E-state index is 0.634. The first-order chi connectivity index (χ1) is 12.3. The predicted molar refractivity (Wildman–Crippen MR) is 94.8 cm³/mol. The highest BCUT2D eigenvalue weighted by molar-refractivity contribution is 5.75. The van der Waals surface area contributed by atoms with Gasteiger partial charge >= 0.3 is 0 Å². The van der Waals surface area contributed by atoms with Crippen molar-refractivity contribution in [1.82, 2.24) is 20.8 Å². The Morgan fingerprint density at radius 2 is 1.84 bits per heavy atom. The molecule has 4 rings (SSSR count). The Labute approximate surface area is 146 Å². The highest BCUT2D eigenvalue weighted by Gasteiger charge is 2.19. The summed E-state index contributed by atoms with van der Waals surface area (Å²) in [5.74, 6) is 2.74. The number of hydrazine groups is 1. The van der Waals surface area contributed by atoms with Gasteiger partial charge in [0.2, 0.25) is 5.95 Å². The van der Waals surface area contributed by atoms with Gasteiger partial charge in [-0.3, -0.25) is 10.9 Å². The van der Waals surface area contributed by atoms with E-state index in [1.54, 1.807) is 18.7 Å². The molecule has 0 amide bonds. The molecule has 0 radical (unpaired) electrons. The first-order valence-corrected chi connectivity index (χ1v) is 8.43. The van der Waals surface area contributed by atoms with E-state index in [-0.39, 0.29) is 0 Å². The molecule has 2 N–H and O–H groups in total. The molecular weight excluding hydrogens is 318 g/mol. The minimum absolute atomic E-state index is 0.634. The lowest BCUT2D eigenvalue weighted by Crippen LogP contribution is -2.24. The Kier molecular flexibility index (Phi) is 4.49. The standard InChI is InChI=1S/C18H21N5O2/c1-23(7-6-13-10-20-21-11-13)18-19-12-14(15-4-2-8-24-15)17(22-18)16-5-3-9-25-16/h2-5,8-9,12-13,20-21H,6-7,10-11H2,1H3. The highest BCUT2D eigenvalue weighted by Crippen LogP contribution is 2.31. The number of aromatic nitrogens is 2. The fraction of sp³-hybridized carbons (Fsp3) is 0.333. The molecule has 1 fully saturated rings. The molecule has 1 saturated heterocycles. The SMILES string of the molecule is CN(CCC1CNNC1)c1ncc(-c2ccco2)c(-c2ccco2)n1. The van der Waals surface area contributed by atoms with Crippen LogP contribution in [0, 0.1) is 5.92 Å². The molecule has 3 aromatic heterocycles. The Bertz CT molecular complexity index is 795. The molecule has 4 heterocycles. The average Bonchev–Trinajstić information content (AvgIpc) is 3.42. The third-order valence-electron chi connectivity index (χ3n) is 4.44. The molecule has 130 valence electrons. The van der Waals surface area contributed by atoms with Crippen LogP contribution in [0.25, 0.3) is 22.8 Å². The van der Waals surface area contributed by atoms with E-state index in [1.165, 1.54) is 0 Å². The van der Waals surface area contributed by atoms with Crippen LogP contribution in [0.15, 0.2) is 51.8 Å². The molecule has 7 nitrogen and oxygen atoms in total. The van der Waals surface area contributed by atoms with Crippen LogP contribution in [0.3, 0.4) is 0 Å². The largest absolute Gasteiger partial charge is 0.464 e. The third kappa shape index (κ3) is 3.42. The average molecular weight is 339 g/mol. The molecule has 0 bridgehead atoms. The van der Waals surface area contributed by atoms with Gasteiger partial charge < -0.3 is 13.7 Å². The monoisotopic (exact) mass is 339 g/mol. The van der Waals surface area contributed by atoms with Crippen molar-refractivity contribution in [2.75, 3.05) is 31.6 Å². The van der Waals surface area contributed by atoms with E-state index < -0.39 is 0 Å². The fourth-order valence-electron chi connectivity index (χ4n) is 2.96. The van der Waals surface area contributed by atoms with E-state index in [0.717, 1.165) is 43.1 Å². The van der Waals surface area contributed by atoms with E-state index in [0.29, 0.717) is 17.6 Å². The van der Waals surface area contributed by atoms with Crippen LogP contribution >= 0.6 is 0 Å². The number of hydrogen-bond donors (Lipinski definition) is 2. The van der Waals surface area contributed by atoms with Gasteiger partial charge in [0.15, 0.2) is 5.76 Å². The van der Waals surface area contributed by atoms with Gasteiger partial charge in [-0.25, -0.2) is 9.97 Å². The second kappa shape index (κ2) is 7.08. The molecule has 1 aliphatic rings. The van der Waals surface area contributed by atoms with E-state index >= 15 is 0 Å². The summed E-state index contributed by atoms with van der Waals surface area (Å²) in [6, 6.07) is 7.50. The molecule has 7 heteroatoms. The Balaban J connectivity index is 1.60. The molecule has 0 unspecified atom stereocenters. The molecule has 1 aliphatic heterocycles.